The number of amides is 1. The molecule has 1 aromatic heterocycles. The van der Waals surface area contributed by atoms with Crippen molar-refractivity contribution in [2.45, 2.75) is 42.5 Å². The van der Waals surface area contributed by atoms with Gasteiger partial charge in [-0.15, -0.1) is 0 Å². The Morgan fingerprint density at radius 1 is 1.00 bits per heavy atom. The predicted octanol–water partition coefficient (Wildman–Crippen LogP) is 5.00. The first-order chi connectivity index (χ1) is 20.4. The molecule has 0 bridgehead atoms. The van der Waals surface area contributed by atoms with Gasteiger partial charge in [0, 0.05) is 50.1 Å². The third-order valence-electron chi connectivity index (χ3n) is 8.20. The van der Waals surface area contributed by atoms with Crippen LogP contribution < -0.4 is 10.2 Å². The van der Waals surface area contributed by atoms with Crippen molar-refractivity contribution in [2.75, 3.05) is 57.4 Å². The molecule has 1 N–H and O–H groups in total. The van der Waals surface area contributed by atoms with Crippen LogP contribution in [0.3, 0.4) is 0 Å². The molecule has 0 unspecified atom stereocenters. The van der Waals surface area contributed by atoms with Gasteiger partial charge in [-0.05, 0) is 56.0 Å². The number of piperidine rings is 1. The summed E-state index contributed by atoms with van der Waals surface area (Å²) in [4.78, 5) is 39.3. The van der Waals surface area contributed by atoms with Crippen LogP contribution in [0.2, 0.25) is 5.15 Å². The minimum Gasteiger partial charge on any atom is -0.379 e. The summed E-state index contributed by atoms with van der Waals surface area (Å²) < 4.78 is 5.39. The zero-order valence-corrected chi connectivity index (χ0v) is 25.6. The Balaban J connectivity index is 1.15. The first-order valence-electron chi connectivity index (χ1n) is 14.6. The molecule has 0 atom stereocenters. The SMILES string of the molecule is CC(=O)C1(c2ccccc2)CCN(c2cc(Cl)nc(SCc3cccc(C(=O)NCCCN4CCOCC4)c3)n2)CC1. The van der Waals surface area contributed by atoms with E-state index in [1.807, 2.05) is 42.5 Å². The molecule has 1 amide bonds. The maximum absolute atomic E-state index is 12.8. The fourth-order valence-corrected chi connectivity index (χ4v) is 6.74. The van der Waals surface area contributed by atoms with Gasteiger partial charge in [-0.3, -0.25) is 14.5 Å². The van der Waals surface area contributed by atoms with Crippen molar-refractivity contribution in [3.63, 3.8) is 0 Å². The molecular weight excluding hydrogens is 570 g/mol. The van der Waals surface area contributed by atoms with Crippen LogP contribution in [0.1, 0.15) is 47.7 Å². The highest BCUT2D eigenvalue weighted by atomic mass is 35.5. The van der Waals surface area contributed by atoms with Gasteiger partial charge < -0.3 is 15.0 Å². The number of hydrogen-bond donors (Lipinski definition) is 1. The number of aromatic nitrogens is 2. The van der Waals surface area contributed by atoms with Crippen LogP contribution >= 0.6 is 23.4 Å². The number of halogens is 1. The molecule has 0 radical (unpaired) electrons. The monoisotopic (exact) mass is 607 g/mol. The number of carbonyl (C=O) groups excluding carboxylic acids is 2. The molecule has 0 saturated carbocycles. The van der Waals surface area contributed by atoms with Gasteiger partial charge in [0.05, 0.1) is 18.6 Å². The van der Waals surface area contributed by atoms with Crippen LogP contribution in [0.4, 0.5) is 5.82 Å². The van der Waals surface area contributed by atoms with E-state index in [-0.39, 0.29) is 11.7 Å². The van der Waals surface area contributed by atoms with E-state index in [0.29, 0.717) is 41.3 Å². The summed E-state index contributed by atoms with van der Waals surface area (Å²) in [5.74, 6) is 1.52. The number of ketones is 1. The number of benzene rings is 2. The molecule has 0 spiro atoms. The third kappa shape index (κ3) is 7.69. The highest BCUT2D eigenvalue weighted by Gasteiger charge is 2.40. The Morgan fingerprint density at radius 2 is 1.76 bits per heavy atom. The number of carbonyl (C=O) groups is 2. The van der Waals surface area contributed by atoms with Crippen molar-refractivity contribution < 1.29 is 14.3 Å². The Hall–Kier alpha value is -2.98. The summed E-state index contributed by atoms with van der Waals surface area (Å²) in [7, 11) is 0. The summed E-state index contributed by atoms with van der Waals surface area (Å²) in [6.45, 7) is 8.20. The number of thioether (sulfide) groups is 1. The van der Waals surface area contributed by atoms with Crippen molar-refractivity contribution in [1.82, 2.24) is 20.2 Å². The number of rotatable bonds is 11. The Labute approximate surface area is 257 Å². The van der Waals surface area contributed by atoms with Gasteiger partial charge in [0.2, 0.25) is 0 Å². The van der Waals surface area contributed by atoms with Crippen LogP contribution in [0.15, 0.2) is 65.8 Å². The van der Waals surface area contributed by atoms with E-state index in [2.05, 4.69) is 32.2 Å². The fraction of sp³-hybridized carbons (Fsp3) is 0.438. The average Bonchev–Trinajstić information content (AvgIpc) is 3.03. The van der Waals surface area contributed by atoms with Crippen LogP contribution in [0.5, 0.6) is 0 Å². The molecule has 10 heteroatoms. The summed E-state index contributed by atoms with van der Waals surface area (Å²) >= 11 is 7.91. The van der Waals surface area contributed by atoms with E-state index in [1.165, 1.54) is 11.8 Å². The Bertz CT molecular complexity index is 1360. The number of Topliss-reactive ketones (excluding diaryl/α,β-unsaturated/α-hetero) is 1. The summed E-state index contributed by atoms with van der Waals surface area (Å²) in [5.41, 5.74) is 2.27. The van der Waals surface area contributed by atoms with Crippen LogP contribution in [-0.2, 0) is 20.7 Å². The van der Waals surface area contributed by atoms with Crippen LogP contribution in [0.25, 0.3) is 0 Å². The van der Waals surface area contributed by atoms with Gasteiger partial charge in [-0.2, -0.15) is 0 Å². The molecular formula is C32H38ClN5O3S. The second-order valence-corrected chi connectivity index (χ2v) is 12.2. The zero-order valence-electron chi connectivity index (χ0n) is 24.1. The van der Waals surface area contributed by atoms with E-state index >= 15 is 0 Å². The van der Waals surface area contributed by atoms with Gasteiger partial charge in [-0.1, -0.05) is 65.8 Å². The molecule has 42 heavy (non-hydrogen) atoms. The first-order valence-corrected chi connectivity index (χ1v) is 16.0. The molecule has 5 rings (SSSR count). The molecule has 2 aromatic carbocycles. The molecule has 2 saturated heterocycles. The molecule has 8 nitrogen and oxygen atoms in total. The lowest BCUT2D eigenvalue weighted by atomic mass is 9.70. The van der Waals surface area contributed by atoms with Gasteiger partial charge >= 0.3 is 0 Å². The summed E-state index contributed by atoms with van der Waals surface area (Å²) in [5, 5.41) is 4.01. The molecule has 2 fully saturated rings. The number of morpholine rings is 1. The number of nitrogens with one attached hydrogen (secondary N) is 1. The normalized spacial score (nSPS) is 17.1. The number of anilines is 1. The quantitative estimate of drug-likeness (QED) is 0.141. The predicted molar refractivity (Wildman–Crippen MR) is 168 cm³/mol. The first kappa shape index (κ1) is 30.5. The molecule has 3 aromatic rings. The summed E-state index contributed by atoms with van der Waals surface area (Å²) in [6.07, 6.45) is 2.35. The lowest BCUT2D eigenvalue weighted by molar-refractivity contribution is -0.123. The van der Waals surface area contributed by atoms with E-state index in [0.717, 1.165) is 69.1 Å². The van der Waals surface area contributed by atoms with Crippen molar-refractivity contribution in [3.8, 4) is 0 Å². The van der Waals surface area contributed by atoms with Gasteiger partial charge in [-0.25, -0.2) is 9.97 Å². The largest absolute Gasteiger partial charge is 0.379 e. The molecule has 2 aliphatic heterocycles. The maximum atomic E-state index is 12.8. The van der Waals surface area contributed by atoms with Crippen molar-refractivity contribution >= 4 is 40.9 Å². The second-order valence-electron chi connectivity index (χ2n) is 10.9. The minimum absolute atomic E-state index is 0.0626. The minimum atomic E-state index is -0.466. The van der Waals surface area contributed by atoms with Crippen molar-refractivity contribution in [1.29, 1.82) is 0 Å². The highest BCUT2D eigenvalue weighted by Crippen LogP contribution is 2.38. The average molecular weight is 608 g/mol. The number of ether oxygens (including phenoxy) is 1. The van der Waals surface area contributed by atoms with Gasteiger partial charge in [0.25, 0.3) is 5.91 Å². The summed E-state index contributed by atoms with van der Waals surface area (Å²) in [6, 6.07) is 19.5. The van der Waals surface area contributed by atoms with Crippen molar-refractivity contribution in [2.24, 2.45) is 0 Å². The topological polar surface area (TPSA) is 87.7 Å². The molecule has 3 heterocycles. The van der Waals surface area contributed by atoms with Crippen LogP contribution in [-0.4, -0.2) is 79.0 Å². The Kier molecular flexibility index (Phi) is 10.5. The fourth-order valence-electron chi connectivity index (χ4n) is 5.71. The van der Waals surface area contributed by atoms with Crippen LogP contribution in [0, 0.1) is 0 Å². The number of hydrogen-bond acceptors (Lipinski definition) is 8. The zero-order chi connectivity index (χ0) is 29.4. The standard InChI is InChI=1S/C32H38ClN5O3S/c1-24(39)32(27-9-3-2-4-10-27)11-15-38(16-12-32)29-22-28(33)35-31(36-29)42-23-25-7-5-8-26(21-25)30(40)34-13-6-14-37-17-19-41-20-18-37/h2-5,7-10,21-22H,6,11-20,23H2,1H3,(H,34,40). The van der Waals surface area contributed by atoms with Gasteiger partial charge in [0.1, 0.15) is 16.8 Å². The van der Waals surface area contributed by atoms with E-state index < -0.39 is 5.41 Å². The molecule has 0 aliphatic carbocycles. The van der Waals surface area contributed by atoms with Crippen molar-refractivity contribution in [3.05, 3.63) is 82.5 Å². The maximum Gasteiger partial charge on any atom is 0.251 e. The van der Waals surface area contributed by atoms with E-state index in [1.54, 1.807) is 13.0 Å². The second kappa shape index (κ2) is 14.5. The van der Waals surface area contributed by atoms with E-state index in [4.69, 9.17) is 21.3 Å². The molecule has 2 aliphatic rings. The third-order valence-corrected chi connectivity index (χ3v) is 9.31. The number of nitrogens with zero attached hydrogens (tertiary/aromatic N) is 4. The highest BCUT2D eigenvalue weighted by molar-refractivity contribution is 7.98. The lowest BCUT2D eigenvalue weighted by Crippen LogP contribution is -2.47. The smallest absolute Gasteiger partial charge is 0.251 e. The molecule has 222 valence electrons. The van der Waals surface area contributed by atoms with E-state index in [9.17, 15) is 9.59 Å². The lowest BCUT2D eigenvalue weighted by Gasteiger charge is -2.41. The van der Waals surface area contributed by atoms with Gasteiger partial charge in [0.15, 0.2) is 5.16 Å². The Morgan fingerprint density at radius 3 is 2.50 bits per heavy atom.